The second-order valence-corrected chi connectivity index (χ2v) is 10.8. The molecule has 0 aromatic heterocycles. The molecule has 4 aliphatic rings. The Morgan fingerprint density at radius 1 is 0.806 bits per heavy atom. The maximum atomic E-state index is 12.8. The summed E-state index contributed by atoms with van der Waals surface area (Å²) >= 11 is 0. The van der Waals surface area contributed by atoms with Crippen LogP contribution >= 0.6 is 0 Å². The van der Waals surface area contributed by atoms with E-state index >= 15 is 0 Å². The van der Waals surface area contributed by atoms with E-state index in [-0.39, 0.29) is 29.4 Å². The summed E-state index contributed by atoms with van der Waals surface area (Å²) in [7, 11) is 0. The molecule has 1 aromatic carbocycles. The summed E-state index contributed by atoms with van der Waals surface area (Å²) in [4.78, 5) is 25.2. The van der Waals surface area contributed by atoms with E-state index < -0.39 is 0 Å². The number of rotatable bonds is 9. The van der Waals surface area contributed by atoms with Gasteiger partial charge in [0.1, 0.15) is 5.75 Å². The Hall–Kier alpha value is -2.60. The van der Waals surface area contributed by atoms with E-state index in [1.807, 2.05) is 54.6 Å². The van der Waals surface area contributed by atoms with Gasteiger partial charge in [0.2, 0.25) is 5.91 Å². The van der Waals surface area contributed by atoms with Crippen LogP contribution in [0.3, 0.4) is 0 Å². The van der Waals surface area contributed by atoms with E-state index in [9.17, 15) is 9.59 Å². The minimum atomic E-state index is -0.309. The molecule has 0 atom stereocenters. The molecule has 1 aromatic rings. The third-order valence-corrected chi connectivity index (χ3v) is 7.77. The molecule has 0 heterocycles. The van der Waals surface area contributed by atoms with Crippen molar-refractivity contribution >= 4 is 11.8 Å². The number of hydrogen-bond acceptors (Lipinski definition) is 4. The molecule has 0 radical (unpaired) electrons. The number of amides is 2. The molecule has 6 nitrogen and oxygen atoms in total. The van der Waals surface area contributed by atoms with Gasteiger partial charge in [-0.15, -0.1) is 0 Å². The van der Waals surface area contributed by atoms with Gasteiger partial charge in [-0.2, -0.15) is 0 Å². The van der Waals surface area contributed by atoms with Crippen molar-refractivity contribution in [2.75, 3.05) is 19.8 Å². The summed E-state index contributed by atoms with van der Waals surface area (Å²) in [5.74, 6) is 0.589. The van der Waals surface area contributed by atoms with Crippen LogP contribution in [0.25, 0.3) is 0 Å². The van der Waals surface area contributed by atoms with Crippen molar-refractivity contribution in [3.05, 3.63) is 54.6 Å². The molecule has 4 fully saturated rings. The van der Waals surface area contributed by atoms with Crippen molar-refractivity contribution in [1.82, 2.24) is 10.6 Å². The molecule has 2 bridgehead atoms. The highest BCUT2D eigenvalue weighted by Crippen LogP contribution is 2.67. The molecule has 4 saturated carbocycles. The van der Waals surface area contributed by atoms with Gasteiger partial charge < -0.3 is 20.1 Å². The predicted molar refractivity (Wildman–Crippen MR) is 141 cm³/mol. The first kappa shape index (κ1) is 26.5. The van der Waals surface area contributed by atoms with Gasteiger partial charge in [-0.25, -0.2) is 0 Å². The summed E-state index contributed by atoms with van der Waals surface area (Å²) < 4.78 is 11.8. The summed E-state index contributed by atoms with van der Waals surface area (Å²) in [6.07, 6.45) is 14.0. The second-order valence-electron chi connectivity index (χ2n) is 10.8. The zero-order chi connectivity index (χ0) is 25.1. The molecule has 2 N–H and O–H groups in total. The molecule has 0 spiro atoms. The van der Waals surface area contributed by atoms with Crippen molar-refractivity contribution in [2.24, 2.45) is 5.41 Å². The fourth-order valence-electron chi connectivity index (χ4n) is 5.93. The number of carbonyl (C=O) groups is 2. The summed E-state index contributed by atoms with van der Waals surface area (Å²) in [5, 5.41) is 6.18. The van der Waals surface area contributed by atoms with Crippen LogP contribution in [-0.2, 0) is 14.3 Å². The highest BCUT2D eigenvalue weighted by molar-refractivity contribution is 5.88. The minimum absolute atomic E-state index is 0.0387. The maximum Gasteiger partial charge on any atom is 0.258 e. The zero-order valence-corrected chi connectivity index (χ0v) is 21.5. The SMILES string of the molecule is O=C(COc1ccccccccc1)NC12CC(C(=O)NCCOC3CCCCCCCCC3)(C1)C2. The average molecular weight is 495 g/mol. The Balaban J connectivity index is 1.12. The molecule has 196 valence electrons. The van der Waals surface area contributed by atoms with E-state index in [1.165, 1.54) is 44.9 Å². The van der Waals surface area contributed by atoms with Crippen molar-refractivity contribution in [1.29, 1.82) is 0 Å². The number of carbonyl (C=O) groups excluding carboxylic acids is 2. The topological polar surface area (TPSA) is 76.7 Å². The summed E-state index contributed by atoms with van der Waals surface area (Å²) in [5.41, 5.74) is -0.547. The molecule has 5 rings (SSSR count). The highest BCUT2D eigenvalue weighted by atomic mass is 16.5. The van der Waals surface area contributed by atoms with Crippen molar-refractivity contribution in [3.8, 4) is 5.75 Å². The monoisotopic (exact) mass is 494 g/mol. The van der Waals surface area contributed by atoms with Gasteiger partial charge in [0.15, 0.2) is 6.61 Å². The molecular weight excluding hydrogens is 452 g/mol. The van der Waals surface area contributed by atoms with E-state index in [1.54, 1.807) is 0 Å². The van der Waals surface area contributed by atoms with Crippen molar-refractivity contribution in [2.45, 2.75) is 88.7 Å². The van der Waals surface area contributed by atoms with Gasteiger partial charge in [0.05, 0.1) is 18.1 Å². The Bertz CT molecular complexity index is 878. The van der Waals surface area contributed by atoms with Crippen LogP contribution in [0.1, 0.15) is 77.0 Å². The molecule has 0 saturated heterocycles. The number of nitrogens with one attached hydrogen (secondary N) is 2. The Morgan fingerprint density at radius 2 is 1.36 bits per heavy atom. The lowest BCUT2D eigenvalue weighted by molar-refractivity contribution is -0.184. The van der Waals surface area contributed by atoms with Crippen molar-refractivity contribution < 1.29 is 19.1 Å². The van der Waals surface area contributed by atoms with E-state index in [0.29, 0.717) is 44.3 Å². The maximum absolute atomic E-state index is 12.8. The normalized spacial score (nSPS) is 25.8. The van der Waals surface area contributed by atoms with Gasteiger partial charge in [0.25, 0.3) is 5.91 Å². The van der Waals surface area contributed by atoms with E-state index in [2.05, 4.69) is 10.6 Å². The lowest BCUT2D eigenvalue weighted by Crippen LogP contribution is -2.78. The number of ether oxygens (including phenoxy) is 2. The lowest BCUT2D eigenvalue weighted by Gasteiger charge is -2.69. The van der Waals surface area contributed by atoms with Crippen LogP contribution in [0, 0.1) is 5.41 Å². The largest absolute Gasteiger partial charge is 0.484 e. The first-order valence-electron chi connectivity index (χ1n) is 13.8. The molecule has 0 unspecified atom stereocenters. The average Bonchev–Trinajstić information content (AvgIpc) is 2.84. The zero-order valence-electron chi connectivity index (χ0n) is 21.5. The number of hydrogen-bond donors (Lipinski definition) is 2. The predicted octanol–water partition coefficient (Wildman–Crippen LogP) is 5.25. The van der Waals surface area contributed by atoms with Crippen LogP contribution < -0.4 is 15.4 Å². The third kappa shape index (κ3) is 7.45. The van der Waals surface area contributed by atoms with Gasteiger partial charge in [0, 0.05) is 12.1 Å². The fraction of sp³-hybridized carbons (Fsp3) is 0.600. The van der Waals surface area contributed by atoms with E-state index in [4.69, 9.17) is 9.47 Å². The van der Waals surface area contributed by atoms with Crippen LogP contribution in [0.5, 0.6) is 5.75 Å². The molecule has 4 aliphatic carbocycles. The fourth-order valence-corrected chi connectivity index (χ4v) is 5.93. The first-order valence-corrected chi connectivity index (χ1v) is 13.8. The van der Waals surface area contributed by atoms with Gasteiger partial charge in [-0.05, 0) is 44.2 Å². The summed E-state index contributed by atoms with van der Waals surface area (Å²) in [6.45, 7) is 1.10. The Kier molecular flexibility index (Phi) is 9.62. The minimum Gasteiger partial charge on any atom is -0.484 e. The van der Waals surface area contributed by atoms with Crippen LogP contribution in [0.4, 0.5) is 0 Å². The summed E-state index contributed by atoms with van der Waals surface area (Å²) in [6, 6.07) is 17.0. The highest BCUT2D eigenvalue weighted by Gasteiger charge is 2.72. The quantitative estimate of drug-likeness (QED) is 0.460. The van der Waals surface area contributed by atoms with Crippen LogP contribution in [0.15, 0.2) is 54.6 Å². The second kappa shape index (κ2) is 13.1. The van der Waals surface area contributed by atoms with Crippen LogP contribution in [-0.4, -0.2) is 43.2 Å². The molecular formula is C30H42N2O4. The van der Waals surface area contributed by atoms with Gasteiger partial charge in [-0.3, -0.25) is 9.59 Å². The third-order valence-electron chi connectivity index (χ3n) is 7.77. The molecule has 6 heteroatoms. The van der Waals surface area contributed by atoms with Gasteiger partial charge in [-0.1, -0.05) is 87.4 Å². The Labute approximate surface area is 215 Å². The van der Waals surface area contributed by atoms with Gasteiger partial charge >= 0.3 is 0 Å². The first-order chi connectivity index (χ1) is 17.6. The Morgan fingerprint density at radius 3 is 1.97 bits per heavy atom. The van der Waals surface area contributed by atoms with Crippen molar-refractivity contribution in [3.63, 3.8) is 0 Å². The van der Waals surface area contributed by atoms with Crippen LogP contribution in [0.2, 0.25) is 0 Å². The smallest absolute Gasteiger partial charge is 0.258 e. The molecule has 0 aliphatic heterocycles. The lowest BCUT2D eigenvalue weighted by atomic mass is 9.39. The van der Waals surface area contributed by atoms with E-state index in [0.717, 1.165) is 12.8 Å². The molecule has 36 heavy (non-hydrogen) atoms. The molecule has 2 amide bonds. The standard InChI is InChI=1S/C30H42N2O4/c33-27(21-36-26-17-13-9-5-2-6-10-14-18-26)32-30-22-29(23-30,24-30)28(34)31-19-20-35-25-15-11-7-3-1-4-8-12-16-25/h2,5-6,9-10,13-14,17-18,25H,1,3-4,7-8,11-12,15-16,19-24H2,(H,31,34)(H,32,33).